The Balaban J connectivity index is 2.56. The Morgan fingerprint density at radius 1 is 1.00 bits per heavy atom. The van der Waals surface area contributed by atoms with Crippen LogP contribution in [0.2, 0.25) is 0 Å². The lowest BCUT2D eigenvalue weighted by molar-refractivity contribution is -0.384. The summed E-state index contributed by atoms with van der Waals surface area (Å²) in [5.74, 6) is -3.80. The van der Waals surface area contributed by atoms with Crippen LogP contribution in [-0.4, -0.2) is 79.6 Å². The minimum Gasteiger partial charge on any atom is -0.460 e. The second kappa shape index (κ2) is 17.1. The first-order valence-electron chi connectivity index (χ1n) is 14.0. The molecule has 0 radical (unpaired) electrons. The molecule has 1 aromatic rings. The van der Waals surface area contributed by atoms with Gasteiger partial charge in [0.2, 0.25) is 6.79 Å². The summed E-state index contributed by atoms with van der Waals surface area (Å²) in [6.45, 7) is 5.63. The largest absolute Gasteiger partial charge is 0.460 e. The average molecular weight is 621 g/mol. The number of benzene rings is 1. The van der Waals surface area contributed by atoms with E-state index >= 15 is 0 Å². The molecule has 1 amide bonds. The molecular weight excluding hydrogens is 580 g/mol. The number of unbranched alkanes of at least 4 members (excludes halogenated alkanes) is 1. The van der Waals surface area contributed by atoms with E-state index in [0.29, 0.717) is 25.8 Å². The number of carbonyl (C=O) groups is 4. The number of methoxy groups -OCH3 is 1. The van der Waals surface area contributed by atoms with Crippen molar-refractivity contribution in [3.8, 4) is 0 Å². The molecule has 15 heteroatoms. The average Bonchev–Trinajstić information content (AvgIpc) is 2.96. The normalized spacial score (nSPS) is 15.6. The van der Waals surface area contributed by atoms with Gasteiger partial charge in [-0.05, 0) is 52.6 Å². The number of ether oxygens (including phenoxy) is 5. The fraction of sp³-hybridized carbons (Fsp3) is 0.517. The maximum atomic E-state index is 13.5. The van der Waals surface area contributed by atoms with Gasteiger partial charge in [0, 0.05) is 30.6 Å². The molecule has 0 aromatic heterocycles. The molecule has 1 heterocycles. The number of non-ortho nitro benzene ring substituents is 1. The molecule has 0 spiro atoms. The highest BCUT2D eigenvalue weighted by molar-refractivity contribution is 6.01. The highest BCUT2D eigenvalue weighted by Gasteiger charge is 2.43. The monoisotopic (exact) mass is 620 g/mol. The summed E-state index contributed by atoms with van der Waals surface area (Å²) in [7, 11) is 1.41. The predicted molar refractivity (Wildman–Crippen MR) is 155 cm³/mol. The van der Waals surface area contributed by atoms with E-state index in [-0.39, 0.29) is 47.0 Å². The number of esters is 3. The number of nitro benzene ring substituents is 1. The third kappa shape index (κ3) is 9.33. The number of amides is 1. The van der Waals surface area contributed by atoms with Crippen molar-refractivity contribution >= 4 is 29.7 Å². The lowest BCUT2D eigenvalue weighted by Crippen LogP contribution is -2.40. The first-order valence-corrected chi connectivity index (χ1v) is 14.0. The zero-order chi connectivity index (χ0) is 33.0. The number of hydrogen-bond acceptors (Lipinski definition) is 13. The van der Waals surface area contributed by atoms with Crippen molar-refractivity contribution in [2.24, 2.45) is 11.5 Å². The highest BCUT2D eigenvalue weighted by Crippen LogP contribution is 2.44. The smallest absolute Gasteiger partial charge is 0.421 e. The molecule has 0 saturated carbocycles. The molecule has 1 aromatic carbocycles. The van der Waals surface area contributed by atoms with Crippen LogP contribution in [0.15, 0.2) is 46.8 Å². The van der Waals surface area contributed by atoms with Crippen LogP contribution in [0.3, 0.4) is 0 Å². The van der Waals surface area contributed by atoms with Gasteiger partial charge in [0.15, 0.2) is 0 Å². The number of nitro groups is 1. The standard InChI is InChI=1S/C29H40N4O11/c1-17(2)44-28(36)24-19(4)32(29(37)43-16-42-26(34)22(31)11-6-7-12-30)18(3)23(27(35)41-14-13-40-5)25(24)20-9-8-10-21(15-20)33(38)39/h8-10,15,17,22,25H,6-7,11-14,16,30-31H2,1-5H3/t22-,25?/m0/s1. The van der Waals surface area contributed by atoms with E-state index in [1.54, 1.807) is 13.8 Å². The van der Waals surface area contributed by atoms with Crippen molar-refractivity contribution in [2.75, 3.05) is 33.7 Å². The molecule has 44 heavy (non-hydrogen) atoms. The Bertz CT molecular complexity index is 1290. The van der Waals surface area contributed by atoms with Crippen molar-refractivity contribution in [2.45, 2.75) is 65.0 Å². The fourth-order valence-corrected chi connectivity index (χ4v) is 4.52. The minimum atomic E-state index is -1.22. The van der Waals surface area contributed by atoms with Gasteiger partial charge in [-0.15, -0.1) is 0 Å². The van der Waals surface area contributed by atoms with Gasteiger partial charge in [0.1, 0.15) is 12.6 Å². The number of nitrogens with zero attached hydrogens (tertiary/aromatic N) is 2. The zero-order valence-corrected chi connectivity index (χ0v) is 25.5. The lowest BCUT2D eigenvalue weighted by atomic mass is 9.79. The summed E-state index contributed by atoms with van der Waals surface area (Å²) >= 11 is 0. The second-order valence-electron chi connectivity index (χ2n) is 10.1. The van der Waals surface area contributed by atoms with Crippen molar-refractivity contribution in [1.29, 1.82) is 0 Å². The lowest BCUT2D eigenvalue weighted by Gasteiger charge is -2.36. The van der Waals surface area contributed by atoms with E-state index in [2.05, 4.69) is 0 Å². The molecule has 2 rings (SSSR count). The minimum absolute atomic E-state index is 0.0114. The van der Waals surface area contributed by atoms with Gasteiger partial charge in [-0.3, -0.25) is 19.8 Å². The molecular formula is C29H40N4O11. The van der Waals surface area contributed by atoms with Crippen LogP contribution < -0.4 is 11.5 Å². The Hall–Kier alpha value is -4.34. The second-order valence-corrected chi connectivity index (χ2v) is 10.1. The molecule has 0 aliphatic carbocycles. The maximum Gasteiger partial charge on any atom is 0.421 e. The first-order chi connectivity index (χ1) is 20.8. The van der Waals surface area contributed by atoms with Gasteiger partial charge in [-0.1, -0.05) is 18.6 Å². The van der Waals surface area contributed by atoms with Gasteiger partial charge in [0.25, 0.3) is 5.69 Å². The van der Waals surface area contributed by atoms with Gasteiger partial charge in [-0.2, -0.15) is 0 Å². The predicted octanol–water partition coefficient (Wildman–Crippen LogP) is 2.78. The molecule has 242 valence electrons. The molecule has 0 saturated heterocycles. The summed E-state index contributed by atoms with van der Waals surface area (Å²) in [5.41, 5.74) is 10.9. The van der Waals surface area contributed by atoms with Crippen LogP contribution in [0.4, 0.5) is 10.5 Å². The highest BCUT2D eigenvalue weighted by atomic mass is 16.7. The number of allylic oxidation sites excluding steroid dienone is 2. The third-order valence-electron chi connectivity index (χ3n) is 6.58. The summed E-state index contributed by atoms with van der Waals surface area (Å²) in [6, 6.07) is 4.46. The number of rotatable bonds is 15. The van der Waals surface area contributed by atoms with E-state index in [9.17, 15) is 29.3 Å². The van der Waals surface area contributed by atoms with Crippen LogP contribution in [0, 0.1) is 10.1 Å². The summed E-state index contributed by atoms with van der Waals surface area (Å²) in [5, 5.41) is 11.6. The molecule has 0 bridgehead atoms. The topological polar surface area (TPSA) is 213 Å². The van der Waals surface area contributed by atoms with Gasteiger partial charge in [0.05, 0.1) is 34.7 Å². The Morgan fingerprint density at radius 2 is 1.66 bits per heavy atom. The van der Waals surface area contributed by atoms with E-state index in [1.807, 2.05) is 0 Å². The Labute approximate surface area is 255 Å². The van der Waals surface area contributed by atoms with E-state index in [1.165, 1.54) is 45.2 Å². The number of hydrogen-bond donors (Lipinski definition) is 2. The fourth-order valence-electron chi connectivity index (χ4n) is 4.52. The molecule has 1 unspecified atom stereocenters. The summed E-state index contributed by atoms with van der Waals surface area (Å²) < 4.78 is 26.0. The van der Waals surface area contributed by atoms with Crippen LogP contribution in [0.25, 0.3) is 0 Å². The van der Waals surface area contributed by atoms with Gasteiger partial charge in [-0.25, -0.2) is 14.4 Å². The molecule has 1 aliphatic rings. The van der Waals surface area contributed by atoms with Gasteiger partial charge < -0.3 is 35.2 Å². The molecule has 1 aliphatic heterocycles. The summed E-state index contributed by atoms with van der Waals surface area (Å²) in [6.07, 6.45) is -0.0598. The number of nitrogens with two attached hydrogens (primary N) is 2. The third-order valence-corrected chi connectivity index (χ3v) is 6.58. The maximum absolute atomic E-state index is 13.5. The quantitative estimate of drug-likeness (QED) is 0.0721. The van der Waals surface area contributed by atoms with Crippen molar-refractivity contribution < 1.29 is 47.8 Å². The van der Waals surface area contributed by atoms with Crippen molar-refractivity contribution in [3.63, 3.8) is 0 Å². The Morgan fingerprint density at radius 3 is 2.25 bits per heavy atom. The zero-order valence-electron chi connectivity index (χ0n) is 25.5. The van der Waals surface area contributed by atoms with E-state index in [4.69, 9.17) is 35.2 Å². The van der Waals surface area contributed by atoms with Crippen LogP contribution in [-0.2, 0) is 38.1 Å². The first kappa shape index (κ1) is 35.9. The van der Waals surface area contributed by atoms with E-state index in [0.717, 1.165) is 4.90 Å². The molecule has 2 atom stereocenters. The van der Waals surface area contributed by atoms with Crippen LogP contribution in [0.5, 0.6) is 0 Å². The number of carbonyl (C=O) groups excluding carboxylic acids is 4. The Kier molecular flexibility index (Phi) is 13.9. The molecule has 0 fully saturated rings. The van der Waals surface area contributed by atoms with Crippen LogP contribution in [0.1, 0.15) is 58.4 Å². The SMILES string of the molecule is COCCOC(=O)C1=C(C)N(C(=O)OCOC(=O)[C@@H](N)CCCCN)C(C)=C(C(=O)OC(C)C)C1c1cccc([N+](=O)[O-])c1. The van der Waals surface area contributed by atoms with E-state index < -0.39 is 53.8 Å². The van der Waals surface area contributed by atoms with Crippen molar-refractivity contribution in [3.05, 3.63) is 62.5 Å². The molecule has 15 nitrogen and oxygen atoms in total. The summed E-state index contributed by atoms with van der Waals surface area (Å²) in [4.78, 5) is 64.6. The van der Waals surface area contributed by atoms with Crippen molar-refractivity contribution in [1.82, 2.24) is 4.90 Å². The molecule has 4 N–H and O–H groups in total. The van der Waals surface area contributed by atoms with Crippen LogP contribution >= 0.6 is 0 Å². The van der Waals surface area contributed by atoms with Gasteiger partial charge >= 0.3 is 24.0 Å².